The molecular weight excluding hydrogens is 271 g/mol. The van der Waals surface area contributed by atoms with Crippen LogP contribution in [-0.4, -0.2) is 10.1 Å². The standard InChI is InChI=1S/C16H13FN2O2/c17-12-6-5-11(14(20)9-12)10-19-16-13(3-1-7-18-16)15-4-2-8-21-15/h1-9,20H,10H2,(H,18,19). The van der Waals surface area contributed by atoms with Gasteiger partial charge in [0.15, 0.2) is 0 Å². The van der Waals surface area contributed by atoms with Crippen LogP contribution in [0.15, 0.2) is 59.3 Å². The van der Waals surface area contributed by atoms with Crippen LogP contribution in [0.4, 0.5) is 10.2 Å². The fourth-order valence-corrected chi connectivity index (χ4v) is 2.04. The number of rotatable bonds is 4. The summed E-state index contributed by atoms with van der Waals surface area (Å²) in [5.74, 6) is 0.786. The number of anilines is 1. The van der Waals surface area contributed by atoms with Crippen LogP contribution in [0, 0.1) is 5.82 Å². The van der Waals surface area contributed by atoms with Crippen LogP contribution < -0.4 is 5.32 Å². The van der Waals surface area contributed by atoms with Crippen LogP contribution in [0.5, 0.6) is 5.75 Å². The van der Waals surface area contributed by atoms with Crippen molar-refractivity contribution in [1.29, 1.82) is 0 Å². The van der Waals surface area contributed by atoms with E-state index in [4.69, 9.17) is 4.42 Å². The second-order valence-corrected chi connectivity index (χ2v) is 4.50. The molecule has 2 aromatic heterocycles. The number of phenols is 1. The summed E-state index contributed by atoms with van der Waals surface area (Å²) in [5.41, 5.74) is 1.41. The van der Waals surface area contributed by atoms with Crippen molar-refractivity contribution >= 4 is 5.82 Å². The minimum absolute atomic E-state index is 0.0852. The summed E-state index contributed by atoms with van der Waals surface area (Å²) in [7, 11) is 0. The molecule has 4 nitrogen and oxygen atoms in total. The third-order valence-electron chi connectivity index (χ3n) is 3.09. The summed E-state index contributed by atoms with van der Waals surface area (Å²) in [4.78, 5) is 4.27. The number of hydrogen-bond donors (Lipinski definition) is 2. The summed E-state index contributed by atoms with van der Waals surface area (Å²) in [6.45, 7) is 0.330. The smallest absolute Gasteiger partial charge is 0.137 e. The SMILES string of the molecule is Oc1cc(F)ccc1CNc1ncccc1-c1ccco1. The fourth-order valence-electron chi connectivity index (χ4n) is 2.04. The lowest BCUT2D eigenvalue weighted by Gasteiger charge is -2.10. The van der Waals surface area contributed by atoms with Gasteiger partial charge in [-0.2, -0.15) is 0 Å². The Morgan fingerprint density at radius 3 is 2.86 bits per heavy atom. The lowest BCUT2D eigenvalue weighted by Crippen LogP contribution is -2.03. The van der Waals surface area contributed by atoms with Gasteiger partial charge in [0.25, 0.3) is 0 Å². The zero-order valence-electron chi connectivity index (χ0n) is 11.1. The molecule has 21 heavy (non-hydrogen) atoms. The zero-order chi connectivity index (χ0) is 14.7. The average Bonchev–Trinajstić information content (AvgIpc) is 3.01. The lowest BCUT2D eigenvalue weighted by atomic mass is 10.1. The number of nitrogens with one attached hydrogen (secondary N) is 1. The molecule has 106 valence electrons. The van der Waals surface area contributed by atoms with Crippen molar-refractivity contribution in [3.63, 3.8) is 0 Å². The van der Waals surface area contributed by atoms with E-state index in [2.05, 4.69) is 10.3 Å². The van der Waals surface area contributed by atoms with Gasteiger partial charge in [-0.05, 0) is 30.3 Å². The van der Waals surface area contributed by atoms with E-state index in [9.17, 15) is 9.50 Å². The van der Waals surface area contributed by atoms with E-state index in [1.165, 1.54) is 12.1 Å². The number of phenolic OH excluding ortho intramolecular Hbond substituents is 1. The normalized spacial score (nSPS) is 10.5. The molecule has 3 aromatic rings. The maximum atomic E-state index is 13.0. The van der Waals surface area contributed by atoms with Gasteiger partial charge < -0.3 is 14.8 Å². The number of furan rings is 1. The Kier molecular flexibility index (Phi) is 3.55. The fraction of sp³-hybridized carbons (Fsp3) is 0.0625. The number of benzene rings is 1. The van der Waals surface area contributed by atoms with Gasteiger partial charge in [-0.25, -0.2) is 9.37 Å². The van der Waals surface area contributed by atoms with Crippen molar-refractivity contribution in [2.24, 2.45) is 0 Å². The molecule has 0 saturated heterocycles. The molecule has 0 spiro atoms. The van der Waals surface area contributed by atoms with Crippen LogP contribution in [0.3, 0.4) is 0 Å². The third kappa shape index (κ3) is 2.86. The number of hydrogen-bond acceptors (Lipinski definition) is 4. The molecule has 0 unspecified atom stereocenters. The van der Waals surface area contributed by atoms with E-state index in [-0.39, 0.29) is 5.75 Å². The summed E-state index contributed by atoms with van der Waals surface area (Å²) in [5, 5.41) is 12.8. The van der Waals surface area contributed by atoms with E-state index in [1.54, 1.807) is 18.5 Å². The van der Waals surface area contributed by atoms with Gasteiger partial charge in [0.2, 0.25) is 0 Å². The van der Waals surface area contributed by atoms with E-state index in [0.29, 0.717) is 23.7 Å². The summed E-state index contributed by atoms with van der Waals surface area (Å²) >= 11 is 0. The second-order valence-electron chi connectivity index (χ2n) is 4.50. The maximum absolute atomic E-state index is 13.0. The number of aromatic hydroxyl groups is 1. The van der Waals surface area contributed by atoms with Gasteiger partial charge in [0, 0.05) is 24.4 Å². The molecule has 5 heteroatoms. The number of halogens is 1. The number of nitrogens with zero attached hydrogens (tertiary/aromatic N) is 1. The number of aromatic nitrogens is 1. The van der Waals surface area contributed by atoms with Crippen molar-refractivity contribution in [3.8, 4) is 17.1 Å². The first-order chi connectivity index (χ1) is 10.2. The average molecular weight is 284 g/mol. The first kappa shape index (κ1) is 13.2. The van der Waals surface area contributed by atoms with Crippen LogP contribution >= 0.6 is 0 Å². The Morgan fingerprint density at radius 1 is 1.19 bits per heavy atom. The van der Waals surface area contributed by atoms with E-state index >= 15 is 0 Å². The molecule has 0 amide bonds. The minimum Gasteiger partial charge on any atom is -0.507 e. The molecule has 2 N–H and O–H groups in total. The van der Waals surface area contributed by atoms with Crippen molar-refractivity contribution in [2.75, 3.05) is 5.32 Å². The highest BCUT2D eigenvalue weighted by molar-refractivity contribution is 5.71. The zero-order valence-corrected chi connectivity index (χ0v) is 11.1. The first-order valence-corrected chi connectivity index (χ1v) is 6.44. The van der Waals surface area contributed by atoms with Gasteiger partial charge in [-0.1, -0.05) is 6.07 Å². The Morgan fingerprint density at radius 2 is 2.10 bits per heavy atom. The summed E-state index contributed by atoms with van der Waals surface area (Å²) in [6.07, 6.45) is 3.26. The van der Waals surface area contributed by atoms with Crippen molar-refractivity contribution in [2.45, 2.75) is 6.54 Å². The molecular formula is C16H13FN2O2. The largest absolute Gasteiger partial charge is 0.507 e. The van der Waals surface area contributed by atoms with Crippen molar-refractivity contribution < 1.29 is 13.9 Å². The van der Waals surface area contributed by atoms with Crippen molar-refractivity contribution in [3.05, 3.63) is 66.3 Å². The molecule has 0 atom stereocenters. The van der Waals surface area contributed by atoms with Crippen molar-refractivity contribution in [1.82, 2.24) is 4.98 Å². The Balaban J connectivity index is 1.83. The Labute approximate surface area is 120 Å². The van der Waals surface area contributed by atoms with E-state index in [1.807, 2.05) is 18.2 Å². The quantitative estimate of drug-likeness (QED) is 0.765. The van der Waals surface area contributed by atoms with Gasteiger partial charge in [-0.15, -0.1) is 0 Å². The molecule has 0 aliphatic heterocycles. The van der Waals surface area contributed by atoms with E-state index < -0.39 is 5.82 Å². The topological polar surface area (TPSA) is 58.3 Å². The molecule has 3 rings (SSSR count). The van der Waals surface area contributed by atoms with Gasteiger partial charge in [-0.3, -0.25) is 0 Å². The molecule has 0 saturated carbocycles. The van der Waals surface area contributed by atoms with Gasteiger partial charge in [0.05, 0.1) is 11.8 Å². The highest BCUT2D eigenvalue weighted by Crippen LogP contribution is 2.27. The van der Waals surface area contributed by atoms with Crippen LogP contribution in [-0.2, 0) is 6.54 Å². The Bertz CT molecular complexity index is 742. The molecule has 0 bridgehead atoms. The lowest BCUT2D eigenvalue weighted by molar-refractivity contribution is 0.463. The van der Waals surface area contributed by atoms with Crippen LogP contribution in [0.25, 0.3) is 11.3 Å². The van der Waals surface area contributed by atoms with Crippen LogP contribution in [0.2, 0.25) is 0 Å². The van der Waals surface area contributed by atoms with Gasteiger partial charge in [0.1, 0.15) is 23.1 Å². The number of pyridine rings is 1. The minimum atomic E-state index is -0.467. The predicted molar refractivity (Wildman–Crippen MR) is 77.3 cm³/mol. The molecule has 2 heterocycles. The van der Waals surface area contributed by atoms with Gasteiger partial charge >= 0.3 is 0 Å². The second kappa shape index (κ2) is 5.66. The third-order valence-corrected chi connectivity index (χ3v) is 3.09. The first-order valence-electron chi connectivity index (χ1n) is 6.44. The molecule has 0 aliphatic carbocycles. The molecule has 0 fully saturated rings. The predicted octanol–water partition coefficient (Wildman–Crippen LogP) is 3.80. The highest BCUT2D eigenvalue weighted by Gasteiger charge is 2.09. The molecule has 0 radical (unpaired) electrons. The molecule has 1 aromatic carbocycles. The Hall–Kier alpha value is -2.82. The maximum Gasteiger partial charge on any atom is 0.137 e. The highest BCUT2D eigenvalue weighted by atomic mass is 19.1. The summed E-state index contributed by atoms with van der Waals surface area (Å²) in [6, 6.07) is 11.3. The summed E-state index contributed by atoms with van der Waals surface area (Å²) < 4.78 is 18.3. The monoisotopic (exact) mass is 284 g/mol. The van der Waals surface area contributed by atoms with E-state index in [0.717, 1.165) is 11.6 Å². The molecule has 0 aliphatic rings. The van der Waals surface area contributed by atoms with Crippen LogP contribution in [0.1, 0.15) is 5.56 Å².